The molecule has 0 aliphatic carbocycles. The van der Waals surface area contributed by atoms with Gasteiger partial charge in [-0.25, -0.2) is 0 Å². The molecule has 3 heteroatoms. The normalized spacial score (nSPS) is 34.8. The van der Waals surface area contributed by atoms with E-state index in [1.165, 1.54) is 38.8 Å². The molecule has 2 fully saturated rings. The van der Waals surface area contributed by atoms with Crippen molar-refractivity contribution < 1.29 is 4.74 Å². The molecule has 100 valence electrons. The van der Waals surface area contributed by atoms with Crippen LogP contribution in [0, 0.1) is 0 Å². The maximum absolute atomic E-state index is 5.72. The molecule has 2 aliphatic heterocycles. The van der Waals surface area contributed by atoms with Crippen LogP contribution < -0.4 is 5.32 Å². The van der Waals surface area contributed by atoms with E-state index in [0.29, 0.717) is 24.2 Å². The first-order chi connectivity index (χ1) is 8.18. The Morgan fingerprint density at radius 3 is 2.65 bits per heavy atom. The van der Waals surface area contributed by atoms with Gasteiger partial charge in [0.15, 0.2) is 0 Å². The molecular weight excluding hydrogens is 212 g/mol. The van der Waals surface area contributed by atoms with E-state index in [-0.39, 0.29) is 0 Å². The van der Waals surface area contributed by atoms with E-state index in [1.807, 2.05) is 0 Å². The largest absolute Gasteiger partial charge is 0.377 e. The van der Waals surface area contributed by atoms with Crippen molar-refractivity contribution in [1.29, 1.82) is 0 Å². The fraction of sp³-hybridized carbons (Fsp3) is 1.00. The highest BCUT2D eigenvalue weighted by atomic mass is 16.5. The summed E-state index contributed by atoms with van der Waals surface area (Å²) in [5, 5.41) is 3.66. The third-order valence-electron chi connectivity index (χ3n) is 4.27. The summed E-state index contributed by atoms with van der Waals surface area (Å²) in [5.41, 5.74) is 0. The summed E-state index contributed by atoms with van der Waals surface area (Å²) in [6, 6.07) is 1.94. The number of hydrogen-bond acceptors (Lipinski definition) is 3. The molecule has 0 bridgehead atoms. The highest BCUT2D eigenvalue weighted by Crippen LogP contribution is 2.23. The number of nitrogens with zero attached hydrogens (tertiary/aromatic N) is 1. The van der Waals surface area contributed by atoms with Gasteiger partial charge in [0.05, 0.1) is 6.10 Å². The Morgan fingerprint density at radius 1 is 1.29 bits per heavy atom. The molecule has 3 atom stereocenters. The molecule has 0 spiro atoms. The molecule has 0 aromatic carbocycles. The zero-order valence-corrected chi connectivity index (χ0v) is 11.6. The van der Waals surface area contributed by atoms with Gasteiger partial charge in [-0.05, 0) is 46.6 Å². The lowest BCUT2D eigenvalue weighted by atomic mass is 10.0. The fourth-order valence-electron chi connectivity index (χ4n) is 3.22. The van der Waals surface area contributed by atoms with Crippen molar-refractivity contribution in [1.82, 2.24) is 10.2 Å². The van der Waals surface area contributed by atoms with Crippen LogP contribution >= 0.6 is 0 Å². The first kappa shape index (κ1) is 13.3. The Bertz CT molecular complexity index is 226. The predicted molar refractivity (Wildman–Crippen MR) is 71.3 cm³/mol. The van der Waals surface area contributed by atoms with Crippen molar-refractivity contribution in [3.05, 3.63) is 0 Å². The third-order valence-corrected chi connectivity index (χ3v) is 4.27. The Balaban J connectivity index is 1.91. The number of nitrogens with one attached hydrogen (secondary N) is 1. The molecule has 0 aromatic rings. The third kappa shape index (κ3) is 3.43. The summed E-state index contributed by atoms with van der Waals surface area (Å²) in [7, 11) is 0. The standard InChI is InChI=1S/C14H28N2O/c1-11(2)16(14-7-9-17-12(14)3)10-13-6-4-5-8-15-13/h11-15H,4-10H2,1-3H3. The molecule has 0 amide bonds. The monoisotopic (exact) mass is 240 g/mol. The number of piperidine rings is 1. The van der Waals surface area contributed by atoms with Crippen molar-refractivity contribution in [2.24, 2.45) is 0 Å². The van der Waals surface area contributed by atoms with E-state index in [1.54, 1.807) is 0 Å². The van der Waals surface area contributed by atoms with E-state index >= 15 is 0 Å². The number of ether oxygens (including phenoxy) is 1. The molecule has 3 unspecified atom stereocenters. The predicted octanol–water partition coefficient (Wildman–Crippen LogP) is 2.02. The summed E-state index contributed by atoms with van der Waals surface area (Å²) in [5.74, 6) is 0. The van der Waals surface area contributed by atoms with Gasteiger partial charge in [-0.15, -0.1) is 0 Å². The highest BCUT2D eigenvalue weighted by molar-refractivity contribution is 4.87. The molecule has 1 N–H and O–H groups in total. The van der Waals surface area contributed by atoms with Crippen LogP contribution in [0.15, 0.2) is 0 Å². The van der Waals surface area contributed by atoms with Crippen molar-refractivity contribution in [2.75, 3.05) is 19.7 Å². The van der Waals surface area contributed by atoms with Crippen molar-refractivity contribution in [3.63, 3.8) is 0 Å². The van der Waals surface area contributed by atoms with Gasteiger partial charge in [-0.2, -0.15) is 0 Å². The molecular formula is C14H28N2O. The lowest BCUT2D eigenvalue weighted by molar-refractivity contribution is 0.0532. The summed E-state index contributed by atoms with van der Waals surface area (Å²) < 4.78 is 5.72. The van der Waals surface area contributed by atoms with E-state index in [9.17, 15) is 0 Å². The number of hydrogen-bond donors (Lipinski definition) is 1. The number of rotatable bonds is 4. The van der Waals surface area contributed by atoms with E-state index in [2.05, 4.69) is 31.0 Å². The Kier molecular flexibility index (Phi) is 4.83. The van der Waals surface area contributed by atoms with Crippen LogP contribution in [0.5, 0.6) is 0 Å². The molecule has 2 heterocycles. The zero-order chi connectivity index (χ0) is 12.3. The van der Waals surface area contributed by atoms with Crippen LogP contribution in [0.3, 0.4) is 0 Å². The summed E-state index contributed by atoms with van der Waals surface area (Å²) >= 11 is 0. The second kappa shape index (κ2) is 6.17. The molecule has 2 rings (SSSR count). The summed E-state index contributed by atoms with van der Waals surface area (Å²) in [4.78, 5) is 2.65. The summed E-state index contributed by atoms with van der Waals surface area (Å²) in [6.07, 6.45) is 5.68. The molecule has 3 nitrogen and oxygen atoms in total. The van der Waals surface area contributed by atoms with Gasteiger partial charge in [0.1, 0.15) is 0 Å². The first-order valence-electron chi connectivity index (χ1n) is 7.29. The topological polar surface area (TPSA) is 24.5 Å². The quantitative estimate of drug-likeness (QED) is 0.813. The maximum Gasteiger partial charge on any atom is 0.0703 e. The highest BCUT2D eigenvalue weighted by Gasteiger charge is 2.32. The van der Waals surface area contributed by atoms with Crippen LogP contribution in [0.4, 0.5) is 0 Å². The summed E-state index contributed by atoms with van der Waals surface area (Å²) in [6.45, 7) is 10.2. The van der Waals surface area contributed by atoms with Gasteiger partial charge in [-0.3, -0.25) is 4.90 Å². The SMILES string of the molecule is CC1OCCC1N(CC1CCCCN1)C(C)C. The van der Waals surface area contributed by atoms with Crippen LogP contribution in [-0.4, -0.2) is 48.8 Å². The average molecular weight is 240 g/mol. The average Bonchev–Trinajstić information content (AvgIpc) is 2.73. The Labute approximate surface area is 106 Å². The minimum Gasteiger partial charge on any atom is -0.377 e. The fourth-order valence-corrected chi connectivity index (χ4v) is 3.22. The molecule has 0 saturated carbocycles. The smallest absolute Gasteiger partial charge is 0.0703 e. The van der Waals surface area contributed by atoms with Crippen LogP contribution in [0.2, 0.25) is 0 Å². The molecule has 0 radical (unpaired) electrons. The Morgan fingerprint density at radius 2 is 2.12 bits per heavy atom. The van der Waals surface area contributed by atoms with E-state index < -0.39 is 0 Å². The van der Waals surface area contributed by atoms with Crippen LogP contribution in [0.1, 0.15) is 46.5 Å². The van der Waals surface area contributed by atoms with Gasteiger partial charge < -0.3 is 10.1 Å². The maximum atomic E-state index is 5.72. The van der Waals surface area contributed by atoms with E-state index in [0.717, 1.165) is 6.61 Å². The van der Waals surface area contributed by atoms with Crippen molar-refractivity contribution in [2.45, 2.75) is 70.7 Å². The molecule has 17 heavy (non-hydrogen) atoms. The van der Waals surface area contributed by atoms with Gasteiger partial charge in [0.25, 0.3) is 0 Å². The zero-order valence-electron chi connectivity index (χ0n) is 11.6. The van der Waals surface area contributed by atoms with Crippen molar-refractivity contribution >= 4 is 0 Å². The second-order valence-electron chi connectivity index (χ2n) is 5.87. The first-order valence-corrected chi connectivity index (χ1v) is 7.29. The van der Waals surface area contributed by atoms with Crippen LogP contribution in [-0.2, 0) is 4.74 Å². The molecule has 2 aliphatic rings. The van der Waals surface area contributed by atoms with Gasteiger partial charge >= 0.3 is 0 Å². The van der Waals surface area contributed by atoms with Crippen LogP contribution in [0.25, 0.3) is 0 Å². The lowest BCUT2D eigenvalue weighted by Gasteiger charge is -2.38. The minimum absolute atomic E-state index is 0.404. The van der Waals surface area contributed by atoms with Crippen molar-refractivity contribution in [3.8, 4) is 0 Å². The minimum atomic E-state index is 0.404. The van der Waals surface area contributed by atoms with Gasteiger partial charge in [-0.1, -0.05) is 6.42 Å². The second-order valence-corrected chi connectivity index (χ2v) is 5.87. The lowest BCUT2D eigenvalue weighted by Crippen LogP contribution is -2.51. The molecule has 0 aromatic heterocycles. The molecule has 2 saturated heterocycles. The van der Waals surface area contributed by atoms with Gasteiger partial charge in [0, 0.05) is 31.3 Å². The van der Waals surface area contributed by atoms with Gasteiger partial charge in [0.2, 0.25) is 0 Å². The van der Waals surface area contributed by atoms with E-state index in [4.69, 9.17) is 4.74 Å². The Hall–Kier alpha value is -0.120.